The van der Waals surface area contributed by atoms with Crippen LogP contribution < -0.4 is 4.90 Å². The molecule has 2 aliphatic rings. The number of carbonyl (C=O) groups is 2. The van der Waals surface area contributed by atoms with Gasteiger partial charge in [-0.1, -0.05) is 18.2 Å². The smallest absolute Gasteiger partial charge is 0.332 e. The number of aliphatic hydroxyl groups is 1. The predicted octanol–water partition coefficient (Wildman–Crippen LogP) is 0.537. The van der Waals surface area contributed by atoms with Gasteiger partial charge in [0, 0.05) is 25.3 Å². The maximum atomic E-state index is 12.6. The number of morpholine rings is 1. The molecule has 0 spiro atoms. The zero-order chi connectivity index (χ0) is 17.1. The molecule has 2 atom stereocenters. The van der Waals surface area contributed by atoms with Crippen molar-refractivity contribution in [3.63, 3.8) is 0 Å². The molecule has 0 radical (unpaired) electrons. The van der Waals surface area contributed by atoms with Crippen molar-refractivity contribution < 1.29 is 19.4 Å². The molecular formula is C17H23N3O4. The number of nitrogens with zero attached hydrogens (tertiary/aromatic N) is 3. The molecule has 1 aromatic rings. The highest BCUT2D eigenvalue weighted by Crippen LogP contribution is 2.25. The van der Waals surface area contributed by atoms with Gasteiger partial charge in [0.05, 0.1) is 25.9 Å². The number of ether oxygens (including phenoxy) is 1. The molecular weight excluding hydrogens is 310 g/mol. The summed E-state index contributed by atoms with van der Waals surface area (Å²) < 4.78 is 5.28. The Morgan fingerprint density at radius 2 is 1.83 bits per heavy atom. The molecule has 24 heavy (non-hydrogen) atoms. The van der Waals surface area contributed by atoms with Crippen LogP contribution in [0.5, 0.6) is 0 Å². The number of rotatable bonds is 5. The van der Waals surface area contributed by atoms with E-state index in [4.69, 9.17) is 4.74 Å². The van der Waals surface area contributed by atoms with Gasteiger partial charge in [-0.15, -0.1) is 0 Å². The lowest BCUT2D eigenvalue weighted by molar-refractivity contribution is -0.128. The van der Waals surface area contributed by atoms with E-state index in [1.54, 1.807) is 19.1 Å². The molecule has 0 aliphatic carbocycles. The van der Waals surface area contributed by atoms with E-state index < -0.39 is 12.1 Å². The van der Waals surface area contributed by atoms with Gasteiger partial charge in [-0.05, 0) is 19.1 Å². The van der Waals surface area contributed by atoms with Crippen molar-refractivity contribution in [1.82, 2.24) is 9.80 Å². The van der Waals surface area contributed by atoms with Crippen molar-refractivity contribution in [3.05, 3.63) is 30.3 Å². The van der Waals surface area contributed by atoms with Crippen LogP contribution in [0.1, 0.15) is 6.92 Å². The molecule has 1 N–H and O–H groups in total. The summed E-state index contributed by atoms with van der Waals surface area (Å²) in [5.74, 6) is -0.273. The van der Waals surface area contributed by atoms with Crippen LogP contribution in [-0.4, -0.2) is 78.4 Å². The average Bonchev–Trinajstić information content (AvgIpc) is 2.80. The quantitative estimate of drug-likeness (QED) is 0.796. The topological polar surface area (TPSA) is 73.3 Å². The fraction of sp³-hybridized carbons (Fsp3) is 0.529. The Morgan fingerprint density at radius 3 is 2.50 bits per heavy atom. The number of hydrogen-bond donors (Lipinski definition) is 1. The van der Waals surface area contributed by atoms with Crippen molar-refractivity contribution >= 4 is 17.6 Å². The Balaban J connectivity index is 1.65. The van der Waals surface area contributed by atoms with E-state index in [0.29, 0.717) is 25.4 Å². The summed E-state index contributed by atoms with van der Waals surface area (Å²) in [5.41, 5.74) is 0.688. The SMILES string of the molecule is C[C@H]1C(=O)N(C[C@@H](O)CN2CCOCC2)C(=O)N1c1ccccc1. The molecule has 130 valence electrons. The second-order valence-electron chi connectivity index (χ2n) is 6.18. The first-order valence-electron chi connectivity index (χ1n) is 8.25. The molecule has 2 fully saturated rings. The van der Waals surface area contributed by atoms with Crippen molar-refractivity contribution in [2.24, 2.45) is 0 Å². The van der Waals surface area contributed by atoms with Gasteiger partial charge in [0.15, 0.2) is 0 Å². The molecule has 2 aliphatic heterocycles. The van der Waals surface area contributed by atoms with Gasteiger partial charge in [0.2, 0.25) is 0 Å². The van der Waals surface area contributed by atoms with Crippen LogP contribution in [0.3, 0.4) is 0 Å². The largest absolute Gasteiger partial charge is 0.390 e. The first kappa shape index (κ1) is 16.9. The number of benzene rings is 1. The maximum Gasteiger partial charge on any atom is 0.332 e. The first-order valence-corrected chi connectivity index (χ1v) is 8.25. The van der Waals surface area contributed by atoms with Crippen LogP contribution in [0, 0.1) is 0 Å². The van der Waals surface area contributed by atoms with Crippen molar-refractivity contribution in [3.8, 4) is 0 Å². The van der Waals surface area contributed by atoms with E-state index in [2.05, 4.69) is 4.90 Å². The van der Waals surface area contributed by atoms with E-state index >= 15 is 0 Å². The number of hydrogen-bond acceptors (Lipinski definition) is 5. The molecule has 0 saturated carbocycles. The van der Waals surface area contributed by atoms with Gasteiger partial charge >= 0.3 is 6.03 Å². The fourth-order valence-electron chi connectivity index (χ4n) is 3.17. The van der Waals surface area contributed by atoms with E-state index in [9.17, 15) is 14.7 Å². The second kappa shape index (κ2) is 7.29. The highest BCUT2D eigenvalue weighted by atomic mass is 16.5. The monoisotopic (exact) mass is 333 g/mol. The summed E-state index contributed by atoms with van der Waals surface area (Å²) in [6.07, 6.45) is -0.765. The van der Waals surface area contributed by atoms with Crippen LogP contribution in [-0.2, 0) is 9.53 Å². The first-order chi connectivity index (χ1) is 11.6. The number of anilines is 1. The van der Waals surface area contributed by atoms with E-state index in [1.165, 1.54) is 4.90 Å². The molecule has 2 heterocycles. The fourth-order valence-corrected chi connectivity index (χ4v) is 3.17. The number of carbonyl (C=O) groups excluding carboxylic acids is 2. The normalized spacial score (nSPS) is 23.8. The highest BCUT2D eigenvalue weighted by molar-refractivity contribution is 6.14. The number of aliphatic hydroxyl groups excluding tert-OH is 1. The van der Waals surface area contributed by atoms with Crippen LogP contribution in [0.4, 0.5) is 10.5 Å². The molecule has 2 saturated heterocycles. The van der Waals surface area contributed by atoms with Gasteiger partial charge in [-0.2, -0.15) is 0 Å². The summed E-state index contributed by atoms with van der Waals surface area (Å²) in [7, 11) is 0. The minimum Gasteiger partial charge on any atom is -0.390 e. The van der Waals surface area contributed by atoms with Crippen LogP contribution >= 0.6 is 0 Å². The van der Waals surface area contributed by atoms with E-state index in [0.717, 1.165) is 18.0 Å². The molecule has 7 heteroatoms. The zero-order valence-electron chi connectivity index (χ0n) is 13.8. The van der Waals surface area contributed by atoms with Crippen LogP contribution in [0.15, 0.2) is 30.3 Å². The van der Waals surface area contributed by atoms with Crippen LogP contribution in [0.2, 0.25) is 0 Å². The van der Waals surface area contributed by atoms with Gasteiger partial charge in [-0.25, -0.2) is 4.79 Å². The van der Waals surface area contributed by atoms with Crippen molar-refractivity contribution in [1.29, 1.82) is 0 Å². The van der Waals surface area contributed by atoms with Gasteiger partial charge in [-0.3, -0.25) is 19.5 Å². The third kappa shape index (κ3) is 3.43. The predicted molar refractivity (Wildman–Crippen MR) is 88.8 cm³/mol. The lowest BCUT2D eigenvalue weighted by atomic mass is 10.2. The number of β-amino-alcohol motifs (C(OH)–C–C–N with tert-alkyl or cyclic N) is 1. The molecule has 3 rings (SSSR count). The molecule has 1 aromatic carbocycles. The number of imide groups is 1. The minimum atomic E-state index is -0.765. The molecule has 3 amide bonds. The molecule has 0 bridgehead atoms. The number of para-hydroxylation sites is 1. The minimum absolute atomic E-state index is 0.0166. The zero-order valence-corrected chi connectivity index (χ0v) is 13.8. The summed E-state index contributed by atoms with van der Waals surface area (Å²) in [4.78, 5) is 29.8. The maximum absolute atomic E-state index is 12.6. The van der Waals surface area contributed by atoms with Crippen molar-refractivity contribution in [2.45, 2.75) is 19.1 Å². The molecule has 0 aromatic heterocycles. The molecule has 0 unspecified atom stereocenters. The van der Waals surface area contributed by atoms with E-state index in [-0.39, 0.29) is 18.5 Å². The van der Waals surface area contributed by atoms with E-state index in [1.807, 2.05) is 18.2 Å². The Morgan fingerprint density at radius 1 is 1.17 bits per heavy atom. The third-order valence-corrected chi connectivity index (χ3v) is 4.45. The number of amides is 3. The third-order valence-electron chi connectivity index (χ3n) is 4.45. The number of urea groups is 1. The second-order valence-corrected chi connectivity index (χ2v) is 6.18. The Bertz CT molecular complexity index is 589. The van der Waals surface area contributed by atoms with Gasteiger partial charge in [0.1, 0.15) is 6.04 Å². The summed E-state index contributed by atoms with van der Waals surface area (Å²) in [5, 5.41) is 10.3. The Kier molecular flexibility index (Phi) is 5.13. The molecule has 7 nitrogen and oxygen atoms in total. The van der Waals surface area contributed by atoms with Crippen molar-refractivity contribution in [2.75, 3.05) is 44.3 Å². The Hall–Kier alpha value is -1.96. The summed E-state index contributed by atoms with van der Waals surface area (Å²) in [6, 6.07) is 8.19. The van der Waals surface area contributed by atoms with Gasteiger partial charge in [0.25, 0.3) is 5.91 Å². The lowest BCUT2D eigenvalue weighted by Crippen LogP contribution is -2.46. The van der Waals surface area contributed by atoms with Crippen LogP contribution in [0.25, 0.3) is 0 Å². The lowest BCUT2D eigenvalue weighted by Gasteiger charge is -2.29. The highest BCUT2D eigenvalue weighted by Gasteiger charge is 2.43. The summed E-state index contributed by atoms with van der Waals surface area (Å²) in [6.45, 7) is 4.96. The van der Waals surface area contributed by atoms with Gasteiger partial charge < -0.3 is 9.84 Å². The standard InChI is InChI=1S/C17H23N3O4/c1-13-16(22)19(12-15(21)11-18-7-9-24-10-8-18)17(23)20(13)14-5-3-2-4-6-14/h2-6,13,15,21H,7-12H2,1H3/t13-,15-/m0/s1. The summed E-state index contributed by atoms with van der Waals surface area (Å²) >= 11 is 0. The average molecular weight is 333 g/mol. The Labute approximate surface area is 141 Å².